The second-order valence-corrected chi connectivity index (χ2v) is 3.80. The summed E-state index contributed by atoms with van der Waals surface area (Å²) in [7, 11) is 1.49. The summed E-state index contributed by atoms with van der Waals surface area (Å²) in [5.41, 5.74) is 0.468. The van der Waals surface area contributed by atoms with E-state index in [9.17, 15) is 4.79 Å². The molecular weight excluding hydrogens is 234 g/mol. The van der Waals surface area contributed by atoms with Crippen LogP contribution >= 0.6 is 0 Å². The number of hydrogen-bond acceptors (Lipinski definition) is 5. The van der Waals surface area contributed by atoms with E-state index in [-0.39, 0.29) is 11.6 Å². The number of nitrogens with zero attached hydrogens (tertiary/aromatic N) is 5. The largest absolute Gasteiger partial charge is 0.468 e. The average molecular weight is 249 g/mol. The van der Waals surface area contributed by atoms with Gasteiger partial charge in [-0.1, -0.05) is 0 Å². The molecule has 0 N–H and O–H groups in total. The smallest absolute Gasteiger partial charge is 0.299 e. The Morgan fingerprint density at radius 2 is 2.22 bits per heavy atom. The summed E-state index contributed by atoms with van der Waals surface area (Å²) in [6, 6.07) is 1.75. The van der Waals surface area contributed by atoms with Crippen LogP contribution in [0.5, 0.6) is 6.01 Å². The van der Waals surface area contributed by atoms with Crippen LogP contribution in [0.2, 0.25) is 0 Å². The van der Waals surface area contributed by atoms with E-state index in [4.69, 9.17) is 4.74 Å². The van der Waals surface area contributed by atoms with Crippen LogP contribution in [0.3, 0.4) is 0 Å². The van der Waals surface area contributed by atoms with Crippen LogP contribution in [-0.2, 0) is 13.1 Å². The van der Waals surface area contributed by atoms with Crippen molar-refractivity contribution in [2.24, 2.45) is 0 Å². The van der Waals surface area contributed by atoms with Crippen molar-refractivity contribution in [3.63, 3.8) is 0 Å². The Bertz CT molecular complexity index is 602. The Morgan fingerprint density at radius 3 is 2.89 bits per heavy atom. The highest BCUT2D eigenvalue weighted by Gasteiger charge is 2.11. The molecule has 2 heterocycles. The quantitative estimate of drug-likeness (QED) is 0.774. The molecule has 0 saturated heterocycles. The summed E-state index contributed by atoms with van der Waals surface area (Å²) in [6.07, 6.45) is 1.47. The fraction of sp³-hybridized carbons (Fsp3) is 0.455. The van der Waals surface area contributed by atoms with Crippen molar-refractivity contribution in [2.45, 2.75) is 26.9 Å². The minimum Gasteiger partial charge on any atom is -0.468 e. The van der Waals surface area contributed by atoms with Gasteiger partial charge in [-0.2, -0.15) is 5.10 Å². The lowest BCUT2D eigenvalue weighted by Gasteiger charge is -2.10. The maximum Gasteiger partial charge on any atom is 0.299 e. The minimum atomic E-state index is -0.162. The van der Waals surface area contributed by atoms with E-state index in [0.717, 1.165) is 0 Å². The van der Waals surface area contributed by atoms with E-state index < -0.39 is 0 Å². The topological polar surface area (TPSA) is 74.8 Å². The molecule has 0 aliphatic heterocycles. The van der Waals surface area contributed by atoms with Crippen LogP contribution in [0.1, 0.15) is 18.4 Å². The molecule has 0 fully saturated rings. The first-order valence-corrected chi connectivity index (χ1v) is 5.65. The molecule has 0 unspecified atom stereocenters. The third kappa shape index (κ3) is 2.24. The molecule has 0 aliphatic rings. The normalized spacial score (nSPS) is 10.6. The van der Waals surface area contributed by atoms with Gasteiger partial charge in [0.05, 0.1) is 13.7 Å². The van der Waals surface area contributed by atoms with Crippen LogP contribution in [0.4, 0.5) is 0 Å². The van der Waals surface area contributed by atoms with Gasteiger partial charge in [-0.15, -0.1) is 0 Å². The van der Waals surface area contributed by atoms with Gasteiger partial charge in [-0.3, -0.25) is 9.36 Å². The molecule has 2 aromatic rings. The Kier molecular flexibility index (Phi) is 3.40. The molecule has 0 spiro atoms. The highest BCUT2D eigenvalue weighted by atomic mass is 16.5. The van der Waals surface area contributed by atoms with E-state index in [1.165, 1.54) is 24.1 Å². The minimum absolute atomic E-state index is 0.162. The van der Waals surface area contributed by atoms with Gasteiger partial charge in [0.25, 0.3) is 11.6 Å². The molecule has 2 rings (SSSR count). The van der Waals surface area contributed by atoms with Crippen molar-refractivity contribution in [1.29, 1.82) is 0 Å². The Hall–Kier alpha value is -2.18. The molecule has 0 aromatic carbocycles. The van der Waals surface area contributed by atoms with Crippen LogP contribution in [0.25, 0.3) is 0 Å². The molecule has 0 bridgehead atoms. The third-order valence-electron chi connectivity index (χ3n) is 2.58. The molecule has 18 heavy (non-hydrogen) atoms. The molecule has 7 nitrogen and oxygen atoms in total. The second kappa shape index (κ2) is 4.99. The monoisotopic (exact) mass is 249 g/mol. The van der Waals surface area contributed by atoms with E-state index in [2.05, 4.69) is 15.1 Å². The summed E-state index contributed by atoms with van der Waals surface area (Å²) in [6.45, 7) is 4.71. The zero-order valence-electron chi connectivity index (χ0n) is 10.6. The lowest BCUT2D eigenvalue weighted by Crippen LogP contribution is -2.24. The fourth-order valence-electron chi connectivity index (χ4n) is 1.71. The maximum atomic E-state index is 11.9. The van der Waals surface area contributed by atoms with Crippen molar-refractivity contribution in [2.75, 3.05) is 7.11 Å². The van der Waals surface area contributed by atoms with Crippen LogP contribution in [-0.4, -0.2) is 31.4 Å². The predicted molar refractivity (Wildman–Crippen MR) is 64.6 cm³/mol. The second-order valence-electron chi connectivity index (χ2n) is 3.80. The van der Waals surface area contributed by atoms with Crippen LogP contribution in [0.15, 0.2) is 17.2 Å². The van der Waals surface area contributed by atoms with E-state index >= 15 is 0 Å². The van der Waals surface area contributed by atoms with Gasteiger partial charge >= 0.3 is 0 Å². The number of aromatic nitrogens is 5. The number of aryl methyl sites for hydroxylation is 2. The van der Waals surface area contributed by atoms with Gasteiger partial charge in [0, 0.05) is 18.3 Å². The number of methoxy groups -OCH3 is 1. The van der Waals surface area contributed by atoms with Crippen LogP contribution < -0.4 is 10.3 Å². The Morgan fingerprint density at radius 1 is 1.44 bits per heavy atom. The van der Waals surface area contributed by atoms with E-state index in [1.807, 2.05) is 6.92 Å². The van der Waals surface area contributed by atoms with Crippen molar-refractivity contribution < 1.29 is 4.74 Å². The standard InChI is InChI=1S/C11H15N5O2/c1-4-16-9(12-7-13-16)6-15-10(17)5-8(2)14-11(15)18-3/h5,7H,4,6H2,1-3H3. The summed E-state index contributed by atoms with van der Waals surface area (Å²) in [5, 5.41) is 4.06. The zero-order valence-corrected chi connectivity index (χ0v) is 10.6. The van der Waals surface area contributed by atoms with Gasteiger partial charge in [0.2, 0.25) is 0 Å². The van der Waals surface area contributed by atoms with Gasteiger partial charge in [-0.05, 0) is 13.8 Å². The Balaban J connectivity index is 2.43. The van der Waals surface area contributed by atoms with Gasteiger partial charge < -0.3 is 4.74 Å². The summed E-state index contributed by atoms with van der Waals surface area (Å²) >= 11 is 0. The van der Waals surface area contributed by atoms with Crippen LogP contribution in [0, 0.1) is 6.92 Å². The molecule has 7 heteroatoms. The molecule has 2 aromatic heterocycles. The molecule has 0 amide bonds. The first kappa shape index (κ1) is 12.3. The summed E-state index contributed by atoms with van der Waals surface area (Å²) < 4.78 is 8.29. The number of rotatable bonds is 4. The SMILES string of the molecule is CCn1ncnc1Cn1c(OC)nc(C)cc1=O. The predicted octanol–water partition coefficient (Wildman–Crippen LogP) is 0.220. The highest BCUT2D eigenvalue weighted by molar-refractivity contribution is 5.08. The van der Waals surface area contributed by atoms with E-state index in [1.54, 1.807) is 11.6 Å². The molecule has 0 radical (unpaired) electrons. The number of hydrogen-bond donors (Lipinski definition) is 0. The first-order chi connectivity index (χ1) is 8.65. The Labute approximate surface area is 104 Å². The van der Waals surface area contributed by atoms with Gasteiger partial charge in [0.15, 0.2) is 0 Å². The van der Waals surface area contributed by atoms with Crippen molar-refractivity contribution in [1.82, 2.24) is 24.3 Å². The fourth-order valence-corrected chi connectivity index (χ4v) is 1.71. The zero-order chi connectivity index (χ0) is 13.1. The van der Waals surface area contributed by atoms with Gasteiger partial charge in [0.1, 0.15) is 12.2 Å². The average Bonchev–Trinajstić information content (AvgIpc) is 2.79. The number of ether oxygens (including phenoxy) is 1. The van der Waals surface area contributed by atoms with Gasteiger partial charge in [-0.25, -0.2) is 14.6 Å². The third-order valence-corrected chi connectivity index (χ3v) is 2.58. The lowest BCUT2D eigenvalue weighted by molar-refractivity contribution is 0.347. The first-order valence-electron chi connectivity index (χ1n) is 5.65. The molecule has 96 valence electrons. The van der Waals surface area contributed by atoms with Crippen molar-refractivity contribution >= 4 is 0 Å². The maximum absolute atomic E-state index is 11.9. The summed E-state index contributed by atoms with van der Waals surface area (Å²) in [4.78, 5) is 20.2. The lowest BCUT2D eigenvalue weighted by atomic mass is 10.4. The van der Waals surface area contributed by atoms with Crippen molar-refractivity contribution in [3.8, 4) is 6.01 Å². The molecule has 0 aliphatic carbocycles. The molecular formula is C11H15N5O2. The highest BCUT2D eigenvalue weighted by Crippen LogP contribution is 2.07. The molecule has 0 saturated carbocycles. The van der Waals surface area contributed by atoms with E-state index in [0.29, 0.717) is 24.6 Å². The molecule has 0 atom stereocenters. The van der Waals surface area contributed by atoms with Crippen molar-refractivity contribution in [3.05, 3.63) is 34.3 Å². The summed E-state index contributed by atoms with van der Waals surface area (Å²) in [5.74, 6) is 0.698.